The zero-order chi connectivity index (χ0) is 19.0. The second-order valence-corrected chi connectivity index (χ2v) is 7.37. The average Bonchev–Trinajstić information content (AvgIpc) is 2.48. The van der Waals surface area contributed by atoms with E-state index in [4.69, 9.17) is 0 Å². The molecule has 3 amide bonds. The van der Waals surface area contributed by atoms with Crippen LogP contribution < -0.4 is 16.0 Å². The third-order valence-electron chi connectivity index (χ3n) is 4.15. The second-order valence-electron chi connectivity index (χ2n) is 7.37. The maximum absolute atomic E-state index is 12.1. The van der Waals surface area contributed by atoms with Gasteiger partial charge in [-0.25, -0.2) is 4.79 Å². The molecule has 5 heteroatoms. The minimum atomic E-state index is -0.301. The first-order valence-electron chi connectivity index (χ1n) is 9.11. The standard InChI is InChI=1S/C20H33N3O2/c1-13(2)8-7-9-17(6)22-20(25)21-12-18(24)23-19-15(4)10-14(3)11-16(19)5/h10-11,13,17H,7-9,12H2,1-6H3,(H,23,24)(H2,21,22,25). The number of carbonyl (C=O) groups is 2. The van der Waals surface area contributed by atoms with Crippen LogP contribution in [0.25, 0.3) is 0 Å². The van der Waals surface area contributed by atoms with Crippen molar-refractivity contribution >= 4 is 17.6 Å². The highest BCUT2D eigenvalue weighted by atomic mass is 16.2. The highest BCUT2D eigenvalue weighted by Gasteiger charge is 2.11. The average molecular weight is 348 g/mol. The molecular weight excluding hydrogens is 314 g/mol. The summed E-state index contributed by atoms with van der Waals surface area (Å²) in [7, 11) is 0. The van der Waals surface area contributed by atoms with E-state index in [9.17, 15) is 9.59 Å². The minimum absolute atomic E-state index is 0.0443. The Bertz CT molecular complexity index is 574. The predicted molar refractivity (Wildman–Crippen MR) is 104 cm³/mol. The summed E-state index contributed by atoms with van der Waals surface area (Å²) in [5.41, 5.74) is 4.03. The lowest BCUT2D eigenvalue weighted by molar-refractivity contribution is -0.115. The fourth-order valence-corrected chi connectivity index (χ4v) is 2.90. The summed E-state index contributed by atoms with van der Waals surface area (Å²) in [6, 6.07) is 3.86. The fourth-order valence-electron chi connectivity index (χ4n) is 2.90. The van der Waals surface area contributed by atoms with Gasteiger partial charge in [-0.2, -0.15) is 0 Å². The normalized spacial score (nSPS) is 12.0. The van der Waals surface area contributed by atoms with Crippen molar-refractivity contribution in [2.45, 2.75) is 66.8 Å². The lowest BCUT2D eigenvalue weighted by Gasteiger charge is -2.16. The predicted octanol–water partition coefficient (Wildman–Crippen LogP) is 4.06. The van der Waals surface area contributed by atoms with Crippen LogP contribution in [-0.4, -0.2) is 24.5 Å². The lowest BCUT2D eigenvalue weighted by Crippen LogP contribution is -2.43. The molecule has 0 fully saturated rings. The molecule has 1 aromatic carbocycles. The Morgan fingerprint density at radius 2 is 1.60 bits per heavy atom. The topological polar surface area (TPSA) is 70.2 Å². The Balaban J connectivity index is 2.37. The first kappa shape index (κ1) is 21.0. The minimum Gasteiger partial charge on any atom is -0.336 e. The molecule has 0 radical (unpaired) electrons. The van der Waals surface area contributed by atoms with Crippen molar-refractivity contribution in [2.24, 2.45) is 5.92 Å². The first-order valence-corrected chi connectivity index (χ1v) is 9.11. The summed E-state index contributed by atoms with van der Waals surface area (Å²) in [6.45, 7) is 12.3. The SMILES string of the molecule is Cc1cc(C)c(NC(=O)CNC(=O)NC(C)CCCC(C)C)c(C)c1. The number of rotatable bonds is 8. The molecule has 0 aliphatic carbocycles. The van der Waals surface area contributed by atoms with Gasteiger partial charge in [0.2, 0.25) is 5.91 Å². The number of aryl methyl sites for hydroxylation is 3. The molecule has 1 atom stereocenters. The van der Waals surface area contributed by atoms with Crippen molar-refractivity contribution < 1.29 is 9.59 Å². The van der Waals surface area contributed by atoms with Crippen molar-refractivity contribution in [3.8, 4) is 0 Å². The quantitative estimate of drug-likeness (QED) is 0.663. The Kier molecular flexibility index (Phi) is 8.46. The molecule has 0 aliphatic heterocycles. The van der Waals surface area contributed by atoms with Crippen LogP contribution in [0.3, 0.4) is 0 Å². The van der Waals surface area contributed by atoms with Crippen molar-refractivity contribution in [3.05, 3.63) is 28.8 Å². The van der Waals surface area contributed by atoms with Gasteiger partial charge in [0.05, 0.1) is 6.54 Å². The lowest BCUT2D eigenvalue weighted by atomic mass is 10.0. The monoisotopic (exact) mass is 347 g/mol. The van der Waals surface area contributed by atoms with Crippen LogP contribution >= 0.6 is 0 Å². The summed E-state index contributed by atoms with van der Waals surface area (Å²) in [5.74, 6) is 0.455. The van der Waals surface area contributed by atoms with Gasteiger partial charge in [-0.3, -0.25) is 4.79 Å². The van der Waals surface area contributed by atoms with Crippen LogP contribution in [0.5, 0.6) is 0 Å². The fraction of sp³-hybridized carbons (Fsp3) is 0.600. The summed E-state index contributed by atoms with van der Waals surface area (Å²) >= 11 is 0. The molecule has 1 unspecified atom stereocenters. The third-order valence-corrected chi connectivity index (χ3v) is 4.15. The zero-order valence-electron chi connectivity index (χ0n) is 16.5. The van der Waals surface area contributed by atoms with E-state index in [1.165, 1.54) is 0 Å². The van der Waals surface area contributed by atoms with Crippen LogP contribution in [0.15, 0.2) is 12.1 Å². The number of hydrogen-bond acceptors (Lipinski definition) is 2. The molecule has 0 aliphatic rings. The smallest absolute Gasteiger partial charge is 0.315 e. The Labute approximate surface area is 152 Å². The van der Waals surface area contributed by atoms with Crippen LogP contribution in [-0.2, 0) is 4.79 Å². The summed E-state index contributed by atoms with van der Waals surface area (Å²) in [6.07, 6.45) is 3.19. The number of amides is 3. The first-order chi connectivity index (χ1) is 11.7. The van der Waals surface area contributed by atoms with Gasteiger partial charge in [0, 0.05) is 11.7 Å². The maximum atomic E-state index is 12.1. The van der Waals surface area contributed by atoms with E-state index in [2.05, 4.69) is 29.8 Å². The van der Waals surface area contributed by atoms with Gasteiger partial charge in [-0.05, 0) is 51.2 Å². The van der Waals surface area contributed by atoms with E-state index in [1.807, 2.05) is 39.8 Å². The summed E-state index contributed by atoms with van der Waals surface area (Å²) in [5, 5.41) is 8.37. The van der Waals surface area contributed by atoms with Gasteiger partial charge in [0.25, 0.3) is 0 Å². The molecule has 0 saturated carbocycles. The zero-order valence-corrected chi connectivity index (χ0v) is 16.5. The molecule has 1 rings (SSSR count). The number of urea groups is 1. The van der Waals surface area contributed by atoms with E-state index < -0.39 is 0 Å². The van der Waals surface area contributed by atoms with Crippen LogP contribution in [0.4, 0.5) is 10.5 Å². The number of hydrogen-bond donors (Lipinski definition) is 3. The summed E-state index contributed by atoms with van der Waals surface area (Å²) < 4.78 is 0. The number of carbonyl (C=O) groups excluding carboxylic acids is 2. The molecule has 5 nitrogen and oxygen atoms in total. The molecule has 3 N–H and O–H groups in total. The third kappa shape index (κ3) is 8.05. The Morgan fingerprint density at radius 1 is 1.00 bits per heavy atom. The van der Waals surface area contributed by atoms with Crippen molar-refractivity contribution in [1.82, 2.24) is 10.6 Å². The molecule has 0 bridgehead atoms. The van der Waals surface area contributed by atoms with E-state index >= 15 is 0 Å². The molecule has 0 aromatic heterocycles. The Morgan fingerprint density at radius 3 is 2.16 bits per heavy atom. The number of nitrogens with one attached hydrogen (secondary N) is 3. The van der Waals surface area contributed by atoms with E-state index in [0.29, 0.717) is 5.92 Å². The summed E-state index contributed by atoms with van der Waals surface area (Å²) in [4.78, 5) is 24.0. The van der Waals surface area contributed by atoms with Gasteiger partial charge in [0.15, 0.2) is 0 Å². The van der Waals surface area contributed by atoms with Gasteiger partial charge in [-0.1, -0.05) is 44.4 Å². The van der Waals surface area contributed by atoms with Crippen molar-refractivity contribution in [3.63, 3.8) is 0 Å². The van der Waals surface area contributed by atoms with Gasteiger partial charge < -0.3 is 16.0 Å². The van der Waals surface area contributed by atoms with Gasteiger partial charge in [-0.15, -0.1) is 0 Å². The van der Waals surface area contributed by atoms with E-state index in [-0.39, 0.29) is 24.5 Å². The van der Waals surface area contributed by atoms with E-state index in [1.54, 1.807) is 0 Å². The molecule has 0 saturated heterocycles. The number of anilines is 1. The Hall–Kier alpha value is -2.04. The second kappa shape index (κ2) is 10.1. The number of benzene rings is 1. The van der Waals surface area contributed by atoms with E-state index in [0.717, 1.165) is 41.6 Å². The van der Waals surface area contributed by atoms with Crippen molar-refractivity contribution in [1.29, 1.82) is 0 Å². The molecule has 140 valence electrons. The largest absolute Gasteiger partial charge is 0.336 e. The molecule has 1 aromatic rings. The highest BCUT2D eigenvalue weighted by molar-refractivity contribution is 5.95. The maximum Gasteiger partial charge on any atom is 0.315 e. The molecule has 0 heterocycles. The van der Waals surface area contributed by atoms with Crippen LogP contribution in [0, 0.1) is 26.7 Å². The molecule has 0 spiro atoms. The van der Waals surface area contributed by atoms with Crippen LogP contribution in [0.1, 0.15) is 56.7 Å². The van der Waals surface area contributed by atoms with Crippen LogP contribution in [0.2, 0.25) is 0 Å². The molecule has 25 heavy (non-hydrogen) atoms. The van der Waals surface area contributed by atoms with Gasteiger partial charge >= 0.3 is 6.03 Å². The molecular formula is C20H33N3O2. The van der Waals surface area contributed by atoms with Gasteiger partial charge in [0.1, 0.15) is 0 Å². The van der Waals surface area contributed by atoms with Crippen molar-refractivity contribution in [2.75, 3.05) is 11.9 Å². The highest BCUT2D eigenvalue weighted by Crippen LogP contribution is 2.21.